The summed E-state index contributed by atoms with van der Waals surface area (Å²) in [5.41, 5.74) is 0.860. The van der Waals surface area contributed by atoms with Gasteiger partial charge in [0.15, 0.2) is 6.04 Å². The zero-order chi connectivity index (χ0) is 15.4. The summed E-state index contributed by atoms with van der Waals surface area (Å²) in [5, 5.41) is 13.6. The minimum atomic E-state index is -0.556. The van der Waals surface area contributed by atoms with Crippen LogP contribution in [0.4, 0.5) is 0 Å². The van der Waals surface area contributed by atoms with Crippen LogP contribution < -0.4 is 0 Å². The monoisotopic (exact) mass is 289 g/mol. The molecular formula is C14H19N5O2. The van der Waals surface area contributed by atoms with Crippen LogP contribution in [0.2, 0.25) is 0 Å². The van der Waals surface area contributed by atoms with Crippen LogP contribution in [0.15, 0.2) is 30.3 Å². The van der Waals surface area contributed by atoms with Gasteiger partial charge in [0.2, 0.25) is 5.82 Å². The summed E-state index contributed by atoms with van der Waals surface area (Å²) in [5.74, 6) is 0.284. The fourth-order valence-corrected chi connectivity index (χ4v) is 1.97. The minimum Gasteiger partial charge on any atom is -0.274 e. The fraction of sp³-hybridized carbons (Fsp3) is 0.429. The lowest BCUT2D eigenvalue weighted by atomic mass is 10.0. The molecule has 0 radical (unpaired) electrons. The third-order valence-electron chi connectivity index (χ3n) is 3.18. The summed E-state index contributed by atoms with van der Waals surface area (Å²) >= 11 is 0. The van der Waals surface area contributed by atoms with E-state index < -0.39 is 6.04 Å². The number of nitrogens with zero attached hydrogens (tertiary/aromatic N) is 5. The van der Waals surface area contributed by atoms with E-state index in [1.165, 1.54) is 17.0 Å². The van der Waals surface area contributed by atoms with Gasteiger partial charge in [-0.15, -0.1) is 10.2 Å². The molecule has 0 saturated carbocycles. The van der Waals surface area contributed by atoms with Crippen LogP contribution in [0.5, 0.6) is 0 Å². The molecule has 7 nitrogen and oxygen atoms in total. The largest absolute Gasteiger partial charge is 0.274 e. The van der Waals surface area contributed by atoms with E-state index in [0.29, 0.717) is 5.82 Å². The maximum absolute atomic E-state index is 12.3. The Labute approximate surface area is 123 Å². The van der Waals surface area contributed by atoms with Crippen LogP contribution in [0.3, 0.4) is 0 Å². The molecular weight excluding hydrogens is 270 g/mol. The van der Waals surface area contributed by atoms with Crippen LogP contribution in [0.1, 0.15) is 19.9 Å². The van der Waals surface area contributed by atoms with E-state index in [9.17, 15) is 4.79 Å². The summed E-state index contributed by atoms with van der Waals surface area (Å²) in [4.78, 5) is 18.6. The maximum Gasteiger partial charge on any atom is 0.272 e. The Balaban J connectivity index is 2.31. The van der Waals surface area contributed by atoms with Gasteiger partial charge in [0.25, 0.3) is 5.91 Å². The molecule has 0 N–H and O–H groups in total. The van der Waals surface area contributed by atoms with Crippen molar-refractivity contribution in [2.45, 2.75) is 19.9 Å². The lowest BCUT2D eigenvalue weighted by molar-refractivity contribution is -0.174. The van der Waals surface area contributed by atoms with Gasteiger partial charge in [-0.25, -0.2) is 5.06 Å². The predicted molar refractivity (Wildman–Crippen MR) is 76.9 cm³/mol. The Morgan fingerprint density at radius 1 is 1.29 bits per heavy atom. The fourth-order valence-electron chi connectivity index (χ4n) is 1.97. The highest BCUT2D eigenvalue weighted by molar-refractivity contribution is 5.79. The molecule has 0 aliphatic rings. The molecule has 21 heavy (non-hydrogen) atoms. The summed E-state index contributed by atoms with van der Waals surface area (Å²) in [6.45, 7) is 3.86. The van der Waals surface area contributed by atoms with Crippen LogP contribution in [-0.2, 0) is 9.63 Å². The zero-order valence-electron chi connectivity index (χ0n) is 12.6. The second kappa shape index (κ2) is 6.45. The van der Waals surface area contributed by atoms with Crippen molar-refractivity contribution in [2.24, 2.45) is 5.92 Å². The second-order valence-electron chi connectivity index (χ2n) is 5.01. The van der Waals surface area contributed by atoms with Crippen LogP contribution in [0.25, 0.3) is 11.4 Å². The highest BCUT2D eigenvalue weighted by Crippen LogP contribution is 2.20. The molecule has 0 spiro atoms. The second-order valence-corrected chi connectivity index (χ2v) is 5.01. The van der Waals surface area contributed by atoms with Crippen molar-refractivity contribution in [1.82, 2.24) is 25.3 Å². The summed E-state index contributed by atoms with van der Waals surface area (Å²) in [6.07, 6.45) is 0. The van der Waals surface area contributed by atoms with Gasteiger partial charge in [0.05, 0.1) is 7.11 Å². The number of carbonyl (C=O) groups is 1. The number of hydrogen-bond acceptors (Lipinski definition) is 5. The topological polar surface area (TPSA) is 73.1 Å². The first kappa shape index (κ1) is 15.1. The number of amides is 1. The average molecular weight is 289 g/mol. The first-order valence-electron chi connectivity index (χ1n) is 6.71. The molecule has 0 aliphatic heterocycles. The van der Waals surface area contributed by atoms with E-state index in [1.807, 2.05) is 44.2 Å². The summed E-state index contributed by atoms with van der Waals surface area (Å²) in [7, 11) is 3.01. The third-order valence-corrected chi connectivity index (χ3v) is 3.18. The van der Waals surface area contributed by atoms with E-state index in [2.05, 4.69) is 15.4 Å². The molecule has 1 heterocycles. The average Bonchev–Trinajstić information content (AvgIpc) is 2.96. The van der Waals surface area contributed by atoms with Crippen molar-refractivity contribution in [3.05, 3.63) is 30.3 Å². The number of benzene rings is 1. The standard InChI is InChI=1S/C14H19N5O2/c1-10(2)12(14(20)18(3)21-4)19-16-13(15-17-19)11-8-6-5-7-9-11/h5-10,12H,1-4H3/t12-/m0/s1. The molecule has 2 rings (SSSR count). The molecule has 1 aromatic heterocycles. The van der Waals surface area contributed by atoms with E-state index in [1.54, 1.807) is 7.05 Å². The summed E-state index contributed by atoms with van der Waals surface area (Å²) < 4.78 is 0. The van der Waals surface area contributed by atoms with Gasteiger partial charge < -0.3 is 0 Å². The SMILES string of the molecule is CON(C)C(=O)[C@H](C(C)C)n1nnc(-c2ccccc2)n1. The maximum atomic E-state index is 12.3. The lowest BCUT2D eigenvalue weighted by Gasteiger charge is -2.23. The Morgan fingerprint density at radius 2 is 1.95 bits per heavy atom. The number of hydrogen-bond donors (Lipinski definition) is 0. The van der Waals surface area contributed by atoms with Crippen LogP contribution >= 0.6 is 0 Å². The van der Waals surface area contributed by atoms with Gasteiger partial charge in [-0.1, -0.05) is 44.2 Å². The van der Waals surface area contributed by atoms with E-state index in [-0.39, 0.29) is 11.8 Å². The van der Waals surface area contributed by atoms with E-state index >= 15 is 0 Å². The molecule has 7 heteroatoms. The Kier molecular flexibility index (Phi) is 4.64. The van der Waals surface area contributed by atoms with E-state index in [0.717, 1.165) is 5.56 Å². The van der Waals surface area contributed by atoms with Crippen molar-refractivity contribution < 1.29 is 9.63 Å². The number of rotatable bonds is 5. The Hall–Kier alpha value is -2.28. The predicted octanol–water partition coefficient (Wildman–Crippen LogP) is 1.56. The lowest BCUT2D eigenvalue weighted by Crippen LogP contribution is -2.37. The van der Waals surface area contributed by atoms with Crippen LogP contribution in [-0.4, -0.2) is 45.3 Å². The molecule has 0 unspecified atom stereocenters. The molecule has 0 aliphatic carbocycles. The van der Waals surface area contributed by atoms with Gasteiger partial charge in [0, 0.05) is 12.6 Å². The molecule has 0 fully saturated rings. The Bertz CT molecular complexity index is 596. The van der Waals surface area contributed by atoms with Crippen molar-refractivity contribution in [2.75, 3.05) is 14.2 Å². The molecule has 1 atom stereocenters. The number of tetrazole rings is 1. The van der Waals surface area contributed by atoms with Gasteiger partial charge in [-0.05, 0) is 11.1 Å². The van der Waals surface area contributed by atoms with Gasteiger partial charge >= 0.3 is 0 Å². The highest BCUT2D eigenvalue weighted by Gasteiger charge is 2.30. The first-order valence-corrected chi connectivity index (χ1v) is 6.71. The van der Waals surface area contributed by atoms with Crippen molar-refractivity contribution in [3.63, 3.8) is 0 Å². The van der Waals surface area contributed by atoms with Crippen LogP contribution in [0, 0.1) is 5.92 Å². The van der Waals surface area contributed by atoms with E-state index in [4.69, 9.17) is 4.84 Å². The number of likely N-dealkylation sites (N-methyl/N-ethyl adjacent to an activating group) is 1. The number of hydroxylamine groups is 2. The molecule has 112 valence electrons. The molecule has 1 aromatic carbocycles. The third kappa shape index (κ3) is 3.25. The van der Waals surface area contributed by atoms with Crippen molar-refractivity contribution in [1.29, 1.82) is 0 Å². The molecule has 1 amide bonds. The van der Waals surface area contributed by atoms with Gasteiger partial charge in [-0.3, -0.25) is 9.63 Å². The van der Waals surface area contributed by atoms with Gasteiger partial charge in [-0.2, -0.15) is 4.80 Å². The summed E-state index contributed by atoms with van der Waals surface area (Å²) in [6, 6.07) is 8.96. The first-order chi connectivity index (χ1) is 10.0. The normalized spacial score (nSPS) is 12.4. The van der Waals surface area contributed by atoms with Gasteiger partial charge in [0.1, 0.15) is 0 Å². The quantitative estimate of drug-likeness (QED) is 0.781. The molecule has 0 bridgehead atoms. The molecule has 0 saturated heterocycles. The smallest absolute Gasteiger partial charge is 0.272 e. The minimum absolute atomic E-state index is 0.00734. The number of carbonyl (C=O) groups excluding carboxylic acids is 1. The Morgan fingerprint density at radius 3 is 2.52 bits per heavy atom. The molecule has 2 aromatic rings. The number of aromatic nitrogens is 4. The zero-order valence-corrected chi connectivity index (χ0v) is 12.6. The highest BCUT2D eigenvalue weighted by atomic mass is 16.7. The van der Waals surface area contributed by atoms with Crippen molar-refractivity contribution in [3.8, 4) is 11.4 Å². The van der Waals surface area contributed by atoms with Crippen molar-refractivity contribution >= 4 is 5.91 Å².